The molecule has 1 amide bonds. The third kappa shape index (κ3) is 3.47. The monoisotopic (exact) mass is 272 g/mol. The lowest BCUT2D eigenvalue weighted by molar-refractivity contribution is 0.0925. The van der Waals surface area contributed by atoms with E-state index in [9.17, 15) is 18.0 Å². The molecule has 1 heterocycles. The fraction of sp³-hybridized carbons (Fsp3) is 0.462. The summed E-state index contributed by atoms with van der Waals surface area (Å²) < 4.78 is 39.7. The second-order valence-corrected chi connectivity index (χ2v) is 4.60. The fourth-order valence-corrected chi connectivity index (χ4v) is 2.18. The maximum atomic E-state index is 13.4. The molecule has 3 nitrogen and oxygen atoms in total. The van der Waals surface area contributed by atoms with Crippen LogP contribution in [0.3, 0.4) is 0 Å². The third-order valence-electron chi connectivity index (χ3n) is 3.14. The standard InChI is InChI=1S/C13H15F3N2O/c14-8-6-10(15)12(11(16)7-8)13(19)18-9-2-1-4-17-5-3-9/h6-7,9,17H,1-5H2,(H,18,19). The highest BCUT2D eigenvalue weighted by Gasteiger charge is 2.22. The highest BCUT2D eigenvalue weighted by Crippen LogP contribution is 2.15. The second kappa shape index (κ2) is 6.06. The Hall–Kier alpha value is -1.56. The van der Waals surface area contributed by atoms with E-state index in [1.54, 1.807) is 0 Å². The van der Waals surface area contributed by atoms with Gasteiger partial charge in [0, 0.05) is 18.2 Å². The predicted molar refractivity (Wildman–Crippen MR) is 64.3 cm³/mol. The van der Waals surface area contributed by atoms with Crippen LogP contribution in [0.15, 0.2) is 12.1 Å². The molecule has 1 atom stereocenters. The molecule has 1 aromatic rings. The zero-order valence-corrected chi connectivity index (χ0v) is 10.3. The molecule has 1 fully saturated rings. The molecule has 104 valence electrons. The molecule has 2 N–H and O–H groups in total. The van der Waals surface area contributed by atoms with Gasteiger partial charge in [-0.15, -0.1) is 0 Å². The van der Waals surface area contributed by atoms with Crippen molar-refractivity contribution in [2.45, 2.75) is 25.3 Å². The van der Waals surface area contributed by atoms with Gasteiger partial charge in [0.25, 0.3) is 5.91 Å². The van der Waals surface area contributed by atoms with E-state index in [2.05, 4.69) is 10.6 Å². The van der Waals surface area contributed by atoms with Crippen LogP contribution in [0.4, 0.5) is 13.2 Å². The summed E-state index contributed by atoms with van der Waals surface area (Å²) in [5.41, 5.74) is -0.724. The molecule has 2 rings (SSSR count). The number of carbonyl (C=O) groups excluding carboxylic acids is 1. The summed E-state index contributed by atoms with van der Waals surface area (Å²) in [5, 5.41) is 5.77. The van der Waals surface area contributed by atoms with Crippen LogP contribution in [0.2, 0.25) is 0 Å². The van der Waals surface area contributed by atoms with Crippen LogP contribution in [-0.2, 0) is 0 Å². The zero-order valence-electron chi connectivity index (χ0n) is 10.3. The summed E-state index contributed by atoms with van der Waals surface area (Å²) in [4.78, 5) is 11.8. The average Bonchev–Trinajstić information content (AvgIpc) is 2.56. The van der Waals surface area contributed by atoms with Crippen molar-refractivity contribution in [2.75, 3.05) is 13.1 Å². The lowest BCUT2D eigenvalue weighted by atomic mass is 10.1. The van der Waals surface area contributed by atoms with E-state index in [1.165, 1.54) is 0 Å². The molecule has 1 aliphatic rings. The van der Waals surface area contributed by atoms with Gasteiger partial charge in [0.1, 0.15) is 23.0 Å². The molecule has 1 aromatic carbocycles. The van der Waals surface area contributed by atoms with E-state index in [0.717, 1.165) is 25.9 Å². The van der Waals surface area contributed by atoms with E-state index < -0.39 is 28.9 Å². The minimum atomic E-state index is -1.18. The van der Waals surface area contributed by atoms with Crippen LogP contribution < -0.4 is 10.6 Å². The number of hydrogen-bond donors (Lipinski definition) is 2. The first-order valence-corrected chi connectivity index (χ1v) is 6.24. The molecule has 0 aliphatic carbocycles. The molecule has 0 spiro atoms. The molecule has 1 saturated heterocycles. The normalized spacial score (nSPS) is 19.8. The first kappa shape index (κ1) is 13.9. The number of rotatable bonds is 2. The number of amides is 1. The predicted octanol–water partition coefficient (Wildman–Crippen LogP) is 1.98. The van der Waals surface area contributed by atoms with Crippen LogP contribution in [0.25, 0.3) is 0 Å². The molecule has 19 heavy (non-hydrogen) atoms. The Balaban J connectivity index is 2.11. The van der Waals surface area contributed by atoms with Crippen LogP contribution in [0, 0.1) is 17.5 Å². The maximum absolute atomic E-state index is 13.4. The van der Waals surface area contributed by atoms with Gasteiger partial charge >= 0.3 is 0 Å². The number of nitrogens with one attached hydrogen (secondary N) is 2. The lowest BCUT2D eigenvalue weighted by Gasteiger charge is -2.16. The quantitative estimate of drug-likeness (QED) is 0.864. The average molecular weight is 272 g/mol. The number of benzene rings is 1. The molecule has 1 unspecified atom stereocenters. The van der Waals surface area contributed by atoms with Gasteiger partial charge in [-0.05, 0) is 32.4 Å². The van der Waals surface area contributed by atoms with Crippen molar-refractivity contribution in [1.82, 2.24) is 10.6 Å². The second-order valence-electron chi connectivity index (χ2n) is 4.60. The van der Waals surface area contributed by atoms with Crippen LogP contribution in [0.1, 0.15) is 29.6 Å². The van der Waals surface area contributed by atoms with E-state index in [4.69, 9.17) is 0 Å². The van der Waals surface area contributed by atoms with Gasteiger partial charge in [-0.1, -0.05) is 0 Å². The summed E-state index contributed by atoms with van der Waals surface area (Å²) in [6.07, 6.45) is 2.35. The highest BCUT2D eigenvalue weighted by molar-refractivity contribution is 5.94. The fourth-order valence-electron chi connectivity index (χ4n) is 2.18. The summed E-state index contributed by atoms with van der Waals surface area (Å²) in [7, 11) is 0. The summed E-state index contributed by atoms with van der Waals surface area (Å²) in [5.74, 6) is -4.23. The Kier molecular flexibility index (Phi) is 4.42. The molecule has 0 radical (unpaired) electrons. The topological polar surface area (TPSA) is 41.1 Å². The summed E-state index contributed by atoms with van der Waals surface area (Å²) in [6, 6.07) is 0.894. The van der Waals surface area contributed by atoms with Crippen molar-refractivity contribution < 1.29 is 18.0 Å². The minimum absolute atomic E-state index is 0.119. The molecule has 0 saturated carbocycles. The van der Waals surface area contributed by atoms with Crippen molar-refractivity contribution in [3.05, 3.63) is 35.1 Å². The zero-order chi connectivity index (χ0) is 13.8. The molecule has 6 heteroatoms. The van der Waals surface area contributed by atoms with Gasteiger partial charge in [0.15, 0.2) is 0 Å². The molecular formula is C13H15F3N2O. The Morgan fingerprint density at radius 1 is 1.16 bits per heavy atom. The van der Waals surface area contributed by atoms with E-state index >= 15 is 0 Å². The van der Waals surface area contributed by atoms with Gasteiger partial charge in [-0.3, -0.25) is 4.79 Å². The maximum Gasteiger partial charge on any atom is 0.257 e. The Morgan fingerprint density at radius 3 is 2.53 bits per heavy atom. The third-order valence-corrected chi connectivity index (χ3v) is 3.14. The SMILES string of the molecule is O=C(NC1CCCNCC1)c1c(F)cc(F)cc1F. The Labute approximate surface area is 109 Å². The largest absolute Gasteiger partial charge is 0.349 e. The van der Waals surface area contributed by atoms with E-state index in [0.29, 0.717) is 18.6 Å². The van der Waals surface area contributed by atoms with Gasteiger partial charge in [0.2, 0.25) is 0 Å². The van der Waals surface area contributed by atoms with E-state index in [-0.39, 0.29) is 6.04 Å². The van der Waals surface area contributed by atoms with Crippen molar-refractivity contribution in [2.24, 2.45) is 0 Å². The number of carbonyl (C=O) groups is 1. The number of hydrogen-bond acceptors (Lipinski definition) is 2. The summed E-state index contributed by atoms with van der Waals surface area (Å²) >= 11 is 0. The Morgan fingerprint density at radius 2 is 1.84 bits per heavy atom. The van der Waals surface area contributed by atoms with Crippen molar-refractivity contribution in [3.63, 3.8) is 0 Å². The highest BCUT2D eigenvalue weighted by atomic mass is 19.1. The van der Waals surface area contributed by atoms with Crippen molar-refractivity contribution >= 4 is 5.91 Å². The minimum Gasteiger partial charge on any atom is -0.349 e. The van der Waals surface area contributed by atoms with Crippen molar-refractivity contribution in [1.29, 1.82) is 0 Å². The van der Waals surface area contributed by atoms with Gasteiger partial charge < -0.3 is 10.6 Å². The molecule has 1 aliphatic heterocycles. The van der Waals surface area contributed by atoms with Crippen LogP contribution in [-0.4, -0.2) is 25.0 Å². The van der Waals surface area contributed by atoms with Crippen LogP contribution >= 0.6 is 0 Å². The molecule has 0 aromatic heterocycles. The van der Waals surface area contributed by atoms with E-state index in [1.807, 2.05) is 0 Å². The van der Waals surface area contributed by atoms with Crippen molar-refractivity contribution in [3.8, 4) is 0 Å². The molecule has 0 bridgehead atoms. The first-order chi connectivity index (χ1) is 9.08. The Bertz CT molecular complexity index is 448. The van der Waals surface area contributed by atoms with Crippen LogP contribution in [0.5, 0.6) is 0 Å². The number of halogens is 3. The van der Waals surface area contributed by atoms with Gasteiger partial charge in [0.05, 0.1) is 0 Å². The molecular weight excluding hydrogens is 257 g/mol. The lowest BCUT2D eigenvalue weighted by Crippen LogP contribution is -2.36. The van der Waals surface area contributed by atoms with Gasteiger partial charge in [-0.25, -0.2) is 13.2 Å². The first-order valence-electron chi connectivity index (χ1n) is 6.24. The summed E-state index contributed by atoms with van der Waals surface area (Å²) in [6.45, 7) is 1.62. The van der Waals surface area contributed by atoms with Gasteiger partial charge in [-0.2, -0.15) is 0 Å². The smallest absolute Gasteiger partial charge is 0.257 e.